The molecule has 0 bridgehead atoms. The molecule has 2 heterocycles. The molecule has 2 aliphatic heterocycles. The Labute approximate surface area is 62.6 Å². The van der Waals surface area contributed by atoms with E-state index in [0.29, 0.717) is 11.8 Å². The van der Waals surface area contributed by atoms with Gasteiger partial charge in [-0.15, -0.1) is 5.10 Å². The van der Waals surface area contributed by atoms with Crippen molar-refractivity contribution < 1.29 is 4.74 Å². The first kappa shape index (κ1) is 6.25. The van der Waals surface area contributed by atoms with Gasteiger partial charge in [0.2, 0.25) is 0 Å². The molecule has 0 saturated heterocycles. The van der Waals surface area contributed by atoms with Gasteiger partial charge in [-0.3, -0.25) is 5.73 Å². The topological polar surface area (TPSA) is 106 Å². The second kappa shape index (κ2) is 1.77. The largest absolute Gasteiger partial charge is 0.428 e. The van der Waals surface area contributed by atoms with Crippen molar-refractivity contribution in [3.63, 3.8) is 0 Å². The van der Waals surface area contributed by atoms with Crippen molar-refractivity contribution in [3.8, 4) is 0 Å². The molecule has 6 N–H and O–H groups in total. The summed E-state index contributed by atoms with van der Waals surface area (Å²) in [4.78, 5) is 1.49. The summed E-state index contributed by atoms with van der Waals surface area (Å²) in [6.45, 7) is 0. The maximum Gasteiger partial charge on any atom is 0.324 e. The number of hydrazone groups is 1. The molecular weight excluding hydrogens is 148 g/mol. The van der Waals surface area contributed by atoms with Crippen molar-refractivity contribution in [2.75, 3.05) is 0 Å². The van der Waals surface area contributed by atoms with Crippen LogP contribution in [0.4, 0.5) is 0 Å². The van der Waals surface area contributed by atoms with Crippen molar-refractivity contribution in [1.29, 1.82) is 0 Å². The predicted octanol–water partition coefficient (Wildman–Crippen LogP) is -2.22. The molecule has 0 radical (unpaired) electrons. The minimum absolute atomic E-state index is 0.317. The second-order valence-electron chi connectivity index (χ2n) is 2.21. The van der Waals surface area contributed by atoms with Crippen molar-refractivity contribution in [3.05, 3.63) is 12.1 Å². The standard InChI is InChI=1S/C4H8N6O/c5-2-1-11-4-8-10(7)3(6)9(2)4/h1,3H,5-7H2. The van der Waals surface area contributed by atoms with E-state index in [9.17, 15) is 0 Å². The van der Waals surface area contributed by atoms with Crippen LogP contribution in [0.25, 0.3) is 0 Å². The first-order valence-electron chi connectivity index (χ1n) is 3.00. The molecule has 0 aromatic carbocycles. The maximum atomic E-state index is 5.57. The highest BCUT2D eigenvalue weighted by atomic mass is 16.5. The first-order valence-corrected chi connectivity index (χ1v) is 3.00. The van der Waals surface area contributed by atoms with Crippen molar-refractivity contribution in [2.45, 2.75) is 6.29 Å². The molecule has 0 spiro atoms. The van der Waals surface area contributed by atoms with Crippen LogP contribution >= 0.6 is 0 Å². The van der Waals surface area contributed by atoms with E-state index in [4.69, 9.17) is 22.0 Å². The number of amidine groups is 1. The third-order valence-corrected chi connectivity index (χ3v) is 1.51. The van der Waals surface area contributed by atoms with E-state index in [2.05, 4.69) is 5.10 Å². The fourth-order valence-electron chi connectivity index (χ4n) is 0.951. The maximum absolute atomic E-state index is 5.57. The Hall–Kier alpha value is -1.47. The first-order chi connectivity index (χ1) is 5.20. The molecule has 11 heavy (non-hydrogen) atoms. The van der Waals surface area contributed by atoms with E-state index in [-0.39, 0.29) is 0 Å². The van der Waals surface area contributed by atoms with Gasteiger partial charge in [0.25, 0.3) is 0 Å². The molecule has 0 amide bonds. The summed E-state index contributed by atoms with van der Waals surface area (Å²) in [5, 5.41) is 4.83. The van der Waals surface area contributed by atoms with Gasteiger partial charge in [-0.25, -0.2) is 10.7 Å². The van der Waals surface area contributed by atoms with Gasteiger partial charge in [0.1, 0.15) is 12.1 Å². The average molecular weight is 156 g/mol. The lowest BCUT2D eigenvalue weighted by Crippen LogP contribution is -2.50. The predicted molar refractivity (Wildman–Crippen MR) is 36.6 cm³/mol. The van der Waals surface area contributed by atoms with Gasteiger partial charge in [0.05, 0.1) is 0 Å². The highest BCUT2D eigenvalue weighted by molar-refractivity contribution is 5.79. The Morgan fingerprint density at radius 1 is 1.64 bits per heavy atom. The summed E-state index contributed by atoms with van der Waals surface area (Å²) < 4.78 is 4.92. The fraction of sp³-hybridized carbons (Fsp3) is 0.250. The van der Waals surface area contributed by atoms with E-state index >= 15 is 0 Å². The lowest BCUT2D eigenvalue weighted by Gasteiger charge is -2.20. The monoisotopic (exact) mass is 156 g/mol. The summed E-state index contributed by atoms with van der Waals surface area (Å²) in [7, 11) is 0. The Bertz CT molecular complexity index is 247. The molecule has 60 valence electrons. The number of nitrogens with zero attached hydrogens (tertiary/aromatic N) is 3. The number of ether oxygens (including phenoxy) is 1. The summed E-state index contributed by atoms with van der Waals surface area (Å²) >= 11 is 0. The van der Waals surface area contributed by atoms with Crippen LogP contribution in [0.5, 0.6) is 0 Å². The summed E-state index contributed by atoms with van der Waals surface area (Å²) in [6.07, 6.45) is 0.801. The lowest BCUT2D eigenvalue weighted by atomic mass is 10.6. The summed E-state index contributed by atoms with van der Waals surface area (Å²) in [6, 6.07) is 0.317. The van der Waals surface area contributed by atoms with E-state index in [1.165, 1.54) is 11.2 Å². The Morgan fingerprint density at radius 3 is 3.00 bits per heavy atom. The van der Waals surface area contributed by atoms with E-state index in [1.54, 1.807) is 0 Å². The van der Waals surface area contributed by atoms with Crippen LogP contribution in [-0.2, 0) is 4.74 Å². The van der Waals surface area contributed by atoms with Gasteiger partial charge in [0, 0.05) is 0 Å². The quantitative estimate of drug-likeness (QED) is 0.343. The van der Waals surface area contributed by atoms with Gasteiger partial charge in [-0.1, -0.05) is 0 Å². The number of hydrogen-bond donors (Lipinski definition) is 3. The van der Waals surface area contributed by atoms with Crippen molar-refractivity contribution in [2.24, 2.45) is 22.4 Å². The lowest BCUT2D eigenvalue weighted by molar-refractivity contribution is 0.158. The van der Waals surface area contributed by atoms with Crippen molar-refractivity contribution >= 4 is 6.02 Å². The third-order valence-electron chi connectivity index (χ3n) is 1.51. The SMILES string of the molecule is NC1=COC2=NN(N)C(N)N12. The molecule has 0 aromatic heterocycles. The van der Waals surface area contributed by atoms with Crippen LogP contribution < -0.4 is 17.3 Å². The van der Waals surface area contributed by atoms with Gasteiger partial charge in [-0.2, -0.15) is 5.12 Å². The molecule has 0 aromatic rings. The van der Waals surface area contributed by atoms with Crippen LogP contribution in [0.1, 0.15) is 0 Å². The normalized spacial score (nSPS) is 28.0. The molecule has 2 rings (SSSR count). The highest BCUT2D eigenvalue weighted by Crippen LogP contribution is 2.18. The number of nitrogens with two attached hydrogens (primary N) is 3. The molecule has 7 heteroatoms. The molecule has 0 saturated carbocycles. The van der Waals surface area contributed by atoms with E-state index < -0.39 is 6.29 Å². The van der Waals surface area contributed by atoms with E-state index in [0.717, 1.165) is 5.12 Å². The molecule has 1 unspecified atom stereocenters. The van der Waals surface area contributed by atoms with Crippen LogP contribution in [0.2, 0.25) is 0 Å². The number of fused-ring (bicyclic) bond motifs is 1. The Morgan fingerprint density at radius 2 is 2.36 bits per heavy atom. The zero-order valence-electron chi connectivity index (χ0n) is 5.64. The molecular formula is C4H8N6O. The number of rotatable bonds is 0. The molecule has 0 fully saturated rings. The van der Waals surface area contributed by atoms with E-state index in [1.807, 2.05) is 0 Å². The summed E-state index contributed by atoms with van der Waals surface area (Å²) in [5.41, 5.74) is 11.1. The van der Waals surface area contributed by atoms with Gasteiger partial charge >= 0.3 is 6.02 Å². The zero-order valence-corrected chi connectivity index (χ0v) is 5.64. The Kier molecular flexibility index (Phi) is 1.01. The highest BCUT2D eigenvalue weighted by Gasteiger charge is 2.36. The third kappa shape index (κ3) is 0.657. The molecule has 0 aliphatic carbocycles. The smallest absolute Gasteiger partial charge is 0.324 e. The zero-order chi connectivity index (χ0) is 8.01. The van der Waals surface area contributed by atoms with Gasteiger partial charge < -0.3 is 10.5 Å². The molecule has 2 aliphatic rings. The molecule has 1 atom stereocenters. The van der Waals surface area contributed by atoms with Crippen molar-refractivity contribution in [1.82, 2.24) is 10.0 Å². The number of hydrazine groups is 1. The second-order valence-corrected chi connectivity index (χ2v) is 2.21. The van der Waals surface area contributed by atoms with Crippen LogP contribution in [0.15, 0.2) is 17.2 Å². The summed E-state index contributed by atoms with van der Waals surface area (Å²) in [5.74, 6) is 5.75. The minimum atomic E-state index is -0.566. The molecule has 7 nitrogen and oxygen atoms in total. The van der Waals surface area contributed by atoms with Gasteiger partial charge in [-0.05, 0) is 0 Å². The minimum Gasteiger partial charge on any atom is -0.428 e. The number of hydrogen-bond acceptors (Lipinski definition) is 7. The fourth-order valence-corrected chi connectivity index (χ4v) is 0.951. The average Bonchev–Trinajstić information content (AvgIpc) is 2.41. The van der Waals surface area contributed by atoms with Crippen LogP contribution in [-0.4, -0.2) is 22.3 Å². The Balaban J connectivity index is 2.30. The van der Waals surface area contributed by atoms with Crippen LogP contribution in [0, 0.1) is 0 Å². The van der Waals surface area contributed by atoms with Crippen LogP contribution in [0.3, 0.4) is 0 Å². The van der Waals surface area contributed by atoms with Gasteiger partial charge in [0.15, 0.2) is 6.29 Å².